The minimum absolute atomic E-state index is 0. The lowest BCUT2D eigenvalue weighted by Crippen LogP contribution is -2.57. The minimum Gasteiger partial charge on any atom is -0.497 e. The summed E-state index contributed by atoms with van der Waals surface area (Å²) in [5.74, 6) is 1.77. The molecule has 2 heterocycles. The number of thiophene rings is 1. The average Bonchev–Trinajstić information content (AvgIpc) is 3.16. The normalized spacial score (nSPS) is 17.9. The predicted molar refractivity (Wildman–Crippen MR) is 136 cm³/mol. The van der Waals surface area contributed by atoms with Crippen LogP contribution in [0.1, 0.15) is 25.6 Å². The van der Waals surface area contributed by atoms with Crippen LogP contribution in [0.2, 0.25) is 0 Å². The molecule has 1 N–H and O–H groups in total. The lowest BCUT2D eigenvalue weighted by molar-refractivity contribution is 0.353. The summed E-state index contributed by atoms with van der Waals surface area (Å²) < 4.78 is 29.0. The van der Waals surface area contributed by atoms with Crippen molar-refractivity contribution in [3.63, 3.8) is 0 Å². The summed E-state index contributed by atoms with van der Waals surface area (Å²) in [6, 6.07) is 10.2. The molecule has 1 aliphatic rings. The maximum atomic E-state index is 12.3. The molecule has 1 fully saturated rings. The molecular formula is C21H30IN3O3S2. The van der Waals surface area contributed by atoms with Crippen LogP contribution in [0.3, 0.4) is 0 Å². The number of hydrogen-bond donors (Lipinski definition) is 1. The molecule has 0 atom stereocenters. The number of rotatable bonds is 5. The Labute approximate surface area is 200 Å². The first kappa shape index (κ1) is 24.9. The zero-order valence-corrected chi connectivity index (χ0v) is 21.8. The Balaban J connectivity index is 0.00000320. The fourth-order valence-corrected chi connectivity index (χ4v) is 5.48. The van der Waals surface area contributed by atoms with Crippen molar-refractivity contribution in [2.75, 3.05) is 32.5 Å². The molecule has 0 amide bonds. The average molecular weight is 564 g/mol. The Kier molecular flexibility index (Phi) is 8.58. The monoisotopic (exact) mass is 563 g/mol. The molecule has 30 heavy (non-hydrogen) atoms. The number of benzene rings is 1. The molecule has 1 aromatic carbocycles. The second kappa shape index (κ2) is 10.3. The molecule has 166 valence electrons. The van der Waals surface area contributed by atoms with Crippen LogP contribution in [0.15, 0.2) is 40.7 Å². The number of halogens is 1. The summed E-state index contributed by atoms with van der Waals surface area (Å²) in [7, 11) is -1.41. The van der Waals surface area contributed by atoms with Gasteiger partial charge in [-0.05, 0) is 55.5 Å². The predicted octanol–water partition coefficient (Wildman–Crippen LogP) is 4.02. The third kappa shape index (κ3) is 5.67. The number of aliphatic imine (C=N–C) groups is 1. The minimum atomic E-state index is -3.07. The summed E-state index contributed by atoms with van der Waals surface area (Å²) >= 11 is 1.68. The summed E-state index contributed by atoms with van der Waals surface area (Å²) in [5.41, 5.74) is 2.31. The van der Waals surface area contributed by atoms with E-state index in [1.54, 1.807) is 32.3 Å². The molecule has 2 aromatic rings. The summed E-state index contributed by atoms with van der Waals surface area (Å²) in [4.78, 5) is 8.00. The molecule has 0 saturated carbocycles. The third-order valence-electron chi connectivity index (χ3n) is 5.14. The number of nitrogens with zero attached hydrogens (tertiary/aromatic N) is 2. The van der Waals surface area contributed by atoms with E-state index in [0.29, 0.717) is 19.6 Å². The van der Waals surface area contributed by atoms with Crippen molar-refractivity contribution in [3.05, 3.63) is 40.6 Å². The first-order chi connectivity index (χ1) is 13.8. The highest BCUT2D eigenvalue weighted by Crippen LogP contribution is 2.28. The number of guanidine groups is 1. The van der Waals surface area contributed by atoms with Gasteiger partial charge in [-0.1, -0.05) is 12.1 Å². The van der Waals surface area contributed by atoms with Crippen molar-refractivity contribution in [2.45, 2.75) is 32.1 Å². The van der Waals surface area contributed by atoms with Gasteiger partial charge in [0.25, 0.3) is 0 Å². The third-order valence-corrected chi connectivity index (χ3v) is 8.59. The highest BCUT2D eigenvalue weighted by molar-refractivity contribution is 14.0. The van der Waals surface area contributed by atoms with E-state index >= 15 is 0 Å². The SMILES string of the molecule is CCNC(=NCc1cc(-c2ccc(OC)cc2)cs1)N1CCS(=O)(=O)C(C)(C)C1.I. The van der Waals surface area contributed by atoms with Crippen molar-refractivity contribution >= 4 is 51.1 Å². The molecule has 6 nitrogen and oxygen atoms in total. The number of nitrogens with one attached hydrogen (secondary N) is 1. The van der Waals surface area contributed by atoms with Crippen LogP contribution in [0.4, 0.5) is 0 Å². The van der Waals surface area contributed by atoms with Crippen LogP contribution in [0.25, 0.3) is 11.1 Å². The quantitative estimate of drug-likeness (QED) is 0.338. The summed E-state index contributed by atoms with van der Waals surface area (Å²) in [6.45, 7) is 7.82. The first-order valence-electron chi connectivity index (χ1n) is 9.73. The molecule has 3 rings (SSSR count). The van der Waals surface area contributed by atoms with Crippen molar-refractivity contribution in [1.29, 1.82) is 0 Å². The van der Waals surface area contributed by atoms with E-state index in [1.807, 2.05) is 31.2 Å². The van der Waals surface area contributed by atoms with Gasteiger partial charge < -0.3 is 15.0 Å². The summed E-state index contributed by atoms with van der Waals surface area (Å²) in [6.07, 6.45) is 0. The zero-order chi connectivity index (χ0) is 21.1. The molecule has 0 spiro atoms. The fourth-order valence-electron chi connectivity index (χ4n) is 3.30. The second-order valence-electron chi connectivity index (χ2n) is 7.70. The lowest BCUT2D eigenvalue weighted by atomic mass is 10.1. The molecule has 0 unspecified atom stereocenters. The number of ether oxygens (including phenoxy) is 1. The van der Waals surface area contributed by atoms with Gasteiger partial charge in [0.1, 0.15) is 5.75 Å². The Morgan fingerprint density at radius 2 is 1.97 bits per heavy atom. The van der Waals surface area contributed by atoms with Gasteiger partial charge in [-0.15, -0.1) is 35.3 Å². The highest BCUT2D eigenvalue weighted by Gasteiger charge is 2.40. The van der Waals surface area contributed by atoms with Crippen LogP contribution in [-0.2, 0) is 16.4 Å². The van der Waals surface area contributed by atoms with E-state index < -0.39 is 14.6 Å². The van der Waals surface area contributed by atoms with Gasteiger partial charge >= 0.3 is 0 Å². The second-order valence-corrected chi connectivity index (χ2v) is 11.4. The van der Waals surface area contributed by atoms with Crippen molar-refractivity contribution in [1.82, 2.24) is 10.2 Å². The van der Waals surface area contributed by atoms with Gasteiger partial charge in [-0.3, -0.25) is 0 Å². The molecule has 9 heteroatoms. The van der Waals surface area contributed by atoms with E-state index in [0.717, 1.165) is 34.3 Å². The molecule has 1 saturated heterocycles. The van der Waals surface area contributed by atoms with Crippen molar-refractivity contribution < 1.29 is 13.2 Å². The molecular weight excluding hydrogens is 533 g/mol. The van der Waals surface area contributed by atoms with E-state index in [-0.39, 0.29) is 29.7 Å². The van der Waals surface area contributed by atoms with Crippen LogP contribution in [-0.4, -0.2) is 56.5 Å². The van der Waals surface area contributed by atoms with Gasteiger partial charge in [0.2, 0.25) is 0 Å². The number of sulfone groups is 1. The fraction of sp³-hybridized carbons (Fsp3) is 0.476. The van der Waals surface area contributed by atoms with E-state index in [1.165, 1.54) is 0 Å². The lowest BCUT2D eigenvalue weighted by Gasteiger charge is -2.39. The standard InChI is InChI=1S/C21H29N3O3S2.HI/c1-5-22-20(24-10-11-29(25,26)21(2,3)15-24)23-13-19-12-17(14-28-19)16-6-8-18(27-4)9-7-16;/h6-9,12,14H,5,10-11,13,15H2,1-4H3,(H,22,23);1H. The Morgan fingerprint density at radius 3 is 2.57 bits per heavy atom. The Morgan fingerprint density at radius 1 is 1.27 bits per heavy atom. The van der Waals surface area contributed by atoms with Crippen LogP contribution in [0, 0.1) is 0 Å². The van der Waals surface area contributed by atoms with Crippen LogP contribution < -0.4 is 10.1 Å². The van der Waals surface area contributed by atoms with Crippen molar-refractivity contribution in [3.8, 4) is 16.9 Å². The zero-order valence-electron chi connectivity index (χ0n) is 17.8. The van der Waals surface area contributed by atoms with Crippen molar-refractivity contribution in [2.24, 2.45) is 4.99 Å². The van der Waals surface area contributed by atoms with E-state index in [4.69, 9.17) is 9.73 Å². The number of hydrogen-bond acceptors (Lipinski definition) is 5. The van der Waals surface area contributed by atoms with Crippen LogP contribution in [0.5, 0.6) is 5.75 Å². The smallest absolute Gasteiger partial charge is 0.194 e. The van der Waals surface area contributed by atoms with E-state index in [9.17, 15) is 8.42 Å². The molecule has 1 aliphatic heterocycles. The van der Waals surface area contributed by atoms with Gasteiger partial charge in [-0.25, -0.2) is 13.4 Å². The molecule has 0 bridgehead atoms. The highest BCUT2D eigenvalue weighted by atomic mass is 127. The summed E-state index contributed by atoms with van der Waals surface area (Å²) in [5, 5.41) is 5.45. The molecule has 0 aliphatic carbocycles. The first-order valence-corrected chi connectivity index (χ1v) is 12.3. The van der Waals surface area contributed by atoms with Gasteiger partial charge in [0.05, 0.1) is 24.2 Å². The van der Waals surface area contributed by atoms with Gasteiger partial charge in [0.15, 0.2) is 15.8 Å². The number of methoxy groups -OCH3 is 1. The Bertz CT molecular complexity index is 970. The Hall–Kier alpha value is -1.33. The van der Waals surface area contributed by atoms with Gasteiger partial charge in [0, 0.05) is 24.5 Å². The van der Waals surface area contributed by atoms with Gasteiger partial charge in [-0.2, -0.15) is 0 Å². The topological polar surface area (TPSA) is 71.0 Å². The van der Waals surface area contributed by atoms with E-state index in [2.05, 4.69) is 21.7 Å². The van der Waals surface area contributed by atoms with Crippen LogP contribution >= 0.6 is 35.3 Å². The largest absolute Gasteiger partial charge is 0.497 e. The molecule has 0 radical (unpaired) electrons. The molecule has 1 aromatic heterocycles. The maximum absolute atomic E-state index is 12.3. The maximum Gasteiger partial charge on any atom is 0.194 e.